The zero-order chi connectivity index (χ0) is 9.68. The first-order chi connectivity index (χ1) is 6.24. The lowest BCUT2D eigenvalue weighted by molar-refractivity contribution is -0.109. The van der Waals surface area contributed by atoms with E-state index in [0.29, 0.717) is 11.8 Å². The van der Waals surface area contributed by atoms with Gasteiger partial charge in [0.25, 0.3) is 0 Å². The van der Waals surface area contributed by atoms with Crippen LogP contribution in [0, 0.1) is 0 Å². The van der Waals surface area contributed by atoms with E-state index in [2.05, 4.69) is 4.72 Å². The van der Waals surface area contributed by atoms with Crippen molar-refractivity contribution >= 4 is 17.6 Å². The van der Waals surface area contributed by atoms with Crippen LogP contribution >= 0.6 is 0 Å². The van der Waals surface area contributed by atoms with E-state index in [9.17, 15) is 9.00 Å². The summed E-state index contributed by atoms with van der Waals surface area (Å²) in [4.78, 5) is 10.5. The second-order valence-corrected chi connectivity index (χ2v) is 3.13. The Morgan fingerprint density at radius 1 is 1.38 bits per heavy atom. The van der Waals surface area contributed by atoms with E-state index in [1.807, 2.05) is 0 Å². The van der Waals surface area contributed by atoms with Gasteiger partial charge in [-0.2, -0.15) is 4.72 Å². The molecule has 0 aliphatic heterocycles. The zero-order valence-electron chi connectivity index (χ0n) is 6.71. The third-order valence-corrected chi connectivity index (χ3v) is 1.98. The summed E-state index contributed by atoms with van der Waals surface area (Å²) in [6.07, 6.45) is 0.587. The average molecular weight is 199 g/mol. The lowest BCUT2D eigenvalue weighted by Gasteiger charge is -2.08. The van der Waals surface area contributed by atoms with Gasteiger partial charge < -0.3 is 4.79 Å². The minimum atomic E-state index is -2.18. The molecule has 0 aromatic heterocycles. The van der Waals surface area contributed by atoms with E-state index < -0.39 is 17.3 Å². The molecule has 1 aromatic rings. The highest BCUT2D eigenvalue weighted by molar-refractivity contribution is 7.77. The molecule has 1 rings (SSSR count). The molecule has 1 aromatic carbocycles. The van der Waals surface area contributed by atoms with Crippen molar-refractivity contribution < 1.29 is 13.6 Å². The fraction of sp³-hybridized carbons (Fsp3) is 0.125. The van der Waals surface area contributed by atoms with Crippen molar-refractivity contribution in [2.75, 3.05) is 0 Å². The molecule has 13 heavy (non-hydrogen) atoms. The van der Waals surface area contributed by atoms with Crippen LogP contribution in [0.25, 0.3) is 0 Å². The van der Waals surface area contributed by atoms with E-state index >= 15 is 0 Å². The molecule has 70 valence electrons. The van der Waals surface area contributed by atoms with Crippen molar-refractivity contribution in [3.05, 3.63) is 35.9 Å². The van der Waals surface area contributed by atoms with Gasteiger partial charge in [0, 0.05) is 0 Å². The summed E-state index contributed by atoms with van der Waals surface area (Å²) in [5.74, 6) is 0. The van der Waals surface area contributed by atoms with Gasteiger partial charge in [-0.15, -0.1) is 0 Å². The van der Waals surface area contributed by atoms with Gasteiger partial charge in [-0.1, -0.05) is 30.3 Å². The highest BCUT2D eigenvalue weighted by Gasteiger charge is 2.10. The lowest BCUT2D eigenvalue weighted by Crippen LogP contribution is -2.23. The van der Waals surface area contributed by atoms with Crippen molar-refractivity contribution in [1.82, 2.24) is 4.72 Å². The SMILES string of the molecule is O=CC(NS(=O)O)c1ccccc1. The minimum Gasteiger partial charge on any atom is -0.301 e. The summed E-state index contributed by atoms with van der Waals surface area (Å²) in [6.45, 7) is 0. The Morgan fingerprint density at radius 2 is 2.00 bits per heavy atom. The Labute approximate surface area is 78.4 Å². The Bertz CT molecular complexity index is 302. The van der Waals surface area contributed by atoms with Crippen molar-refractivity contribution in [2.45, 2.75) is 6.04 Å². The average Bonchev–Trinajstić information content (AvgIpc) is 2.15. The Morgan fingerprint density at radius 3 is 2.46 bits per heavy atom. The predicted octanol–water partition coefficient (Wildman–Crippen LogP) is 0.653. The Balaban J connectivity index is 2.78. The molecule has 0 amide bonds. The van der Waals surface area contributed by atoms with Gasteiger partial charge in [0.1, 0.15) is 12.3 Å². The van der Waals surface area contributed by atoms with Crippen LogP contribution in [0.5, 0.6) is 0 Å². The number of benzene rings is 1. The molecule has 4 nitrogen and oxygen atoms in total. The van der Waals surface area contributed by atoms with Crippen LogP contribution in [-0.4, -0.2) is 15.0 Å². The van der Waals surface area contributed by atoms with Gasteiger partial charge >= 0.3 is 0 Å². The molecule has 0 aliphatic rings. The number of nitrogens with one attached hydrogen (secondary N) is 1. The van der Waals surface area contributed by atoms with Crippen LogP contribution in [0.15, 0.2) is 30.3 Å². The normalized spacial score (nSPS) is 14.8. The molecular formula is C8H9NO3S. The third-order valence-electron chi connectivity index (χ3n) is 1.52. The highest BCUT2D eigenvalue weighted by Crippen LogP contribution is 2.09. The summed E-state index contributed by atoms with van der Waals surface area (Å²) in [6, 6.07) is 8.01. The number of rotatable bonds is 4. The molecule has 5 heteroatoms. The summed E-state index contributed by atoms with van der Waals surface area (Å²) in [5.41, 5.74) is 0.667. The summed E-state index contributed by atoms with van der Waals surface area (Å²) in [7, 11) is 0. The van der Waals surface area contributed by atoms with Crippen LogP contribution < -0.4 is 4.72 Å². The second-order valence-electron chi connectivity index (χ2n) is 2.39. The van der Waals surface area contributed by atoms with Gasteiger partial charge in [-0.3, -0.25) is 4.55 Å². The maximum absolute atomic E-state index is 10.5. The molecule has 2 unspecified atom stereocenters. The summed E-state index contributed by atoms with van der Waals surface area (Å²) >= 11 is -2.18. The molecule has 0 bridgehead atoms. The van der Waals surface area contributed by atoms with Gasteiger partial charge in [0.2, 0.25) is 11.3 Å². The predicted molar refractivity (Wildman–Crippen MR) is 49.2 cm³/mol. The monoisotopic (exact) mass is 199 g/mol. The first-order valence-corrected chi connectivity index (χ1v) is 4.72. The molecule has 0 saturated carbocycles. The highest BCUT2D eigenvalue weighted by atomic mass is 32.2. The minimum absolute atomic E-state index is 0.587. The maximum atomic E-state index is 10.5. The molecule has 0 heterocycles. The number of aldehydes is 1. The number of carbonyl (C=O) groups is 1. The third kappa shape index (κ3) is 3.06. The lowest BCUT2D eigenvalue weighted by atomic mass is 10.1. The first-order valence-electron chi connectivity index (χ1n) is 3.61. The van der Waals surface area contributed by atoms with Crippen molar-refractivity contribution in [3.63, 3.8) is 0 Å². The Hall–Kier alpha value is -1.04. The smallest absolute Gasteiger partial charge is 0.232 e. The van der Waals surface area contributed by atoms with Crippen molar-refractivity contribution in [2.24, 2.45) is 0 Å². The van der Waals surface area contributed by atoms with E-state index in [-0.39, 0.29) is 0 Å². The van der Waals surface area contributed by atoms with E-state index in [1.165, 1.54) is 0 Å². The molecule has 0 radical (unpaired) electrons. The van der Waals surface area contributed by atoms with Crippen LogP contribution in [0.3, 0.4) is 0 Å². The zero-order valence-corrected chi connectivity index (χ0v) is 7.53. The molecule has 0 fully saturated rings. The van der Waals surface area contributed by atoms with Gasteiger partial charge in [0.05, 0.1) is 0 Å². The fourth-order valence-corrected chi connectivity index (χ4v) is 1.35. The van der Waals surface area contributed by atoms with Crippen LogP contribution in [0.2, 0.25) is 0 Å². The van der Waals surface area contributed by atoms with Gasteiger partial charge in [-0.05, 0) is 5.56 Å². The van der Waals surface area contributed by atoms with Gasteiger partial charge in [-0.25, -0.2) is 4.21 Å². The summed E-state index contributed by atoms with van der Waals surface area (Å²) in [5, 5.41) is 0. The van der Waals surface area contributed by atoms with E-state index in [0.717, 1.165) is 0 Å². The van der Waals surface area contributed by atoms with Crippen molar-refractivity contribution in [3.8, 4) is 0 Å². The second kappa shape index (κ2) is 4.86. The number of hydrogen-bond donors (Lipinski definition) is 2. The first kappa shape index (κ1) is 10.0. The van der Waals surface area contributed by atoms with Crippen LogP contribution in [0.4, 0.5) is 0 Å². The van der Waals surface area contributed by atoms with Crippen LogP contribution in [0.1, 0.15) is 11.6 Å². The molecule has 2 atom stereocenters. The maximum Gasteiger partial charge on any atom is 0.232 e. The fourth-order valence-electron chi connectivity index (χ4n) is 0.943. The van der Waals surface area contributed by atoms with E-state index in [4.69, 9.17) is 4.55 Å². The molecule has 0 aliphatic carbocycles. The standard InChI is InChI=1S/C8H9NO3S/c10-6-8(9-13(11)12)7-4-2-1-3-5-7/h1-6,8-9H,(H,11,12). The number of hydrogen-bond acceptors (Lipinski definition) is 2. The summed E-state index contributed by atoms with van der Waals surface area (Å²) < 4.78 is 21.1. The molecular weight excluding hydrogens is 190 g/mol. The largest absolute Gasteiger partial charge is 0.301 e. The molecule has 0 saturated heterocycles. The van der Waals surface area contributed by atoms with Gasteiger partial charge in [0.15, 0.2) is 0 Å². The van der Waals surface area contributed by atoms with Crippen LogP contribution in [-0.2, 0) is 16.1 Å². The topological polar surface area (TPSA) is 66.4 Å². The molecule has 2 N–H and O–H groups in total. The number of carbonyl (C=O) groups excluding carboxylic acids is 1. The van der Waals surface area contributed by atoms with Crippen molar-refractivity contribution in [1.29, 1.82) is 0 Å². The molecule has 0 spiro atoms. The Kier molecular flexibility index (Phi) is 3.75. The van der Waals surface area contributed by atoms with E-state index in [1.54, 1.807) is 30.3 Å². The quantitative estimate of drug-likeness (QED) is 0.552.